The minimum absolute atomic E-state index is 0.0620. The minimum Gasteiger partial charge on any atom is -0.352 e. The van der Waals surface area contributed by atoms with Crippen LogP contribution in [0, 0.1) is 5.92 Å². The normalized spacial score (nSPS) is 23.4. The van der Waals surface area contributed by atoms with E-state index in [1.807, 2.05) is 6.92 Å². The van der Waals surface area contributed by atoms with E-state index in [2.05, 4.69) is 29.4 Å². The Morgan fingerprint density at radius 2 is 2.24 bits per heavy atom. The number of nitrogens with one attached hydrogen (secondary N) is 2. The van der Waals surface area contributed by atoms with Crippen LogP contribution in [0.2, 0.25) is 0 Å². The second kappa shape index (κ2) is 7.67. The molecule has 0 saturated carbocycles. The van der Waals surface area contributed by atoms with Crippen molar-refractivity contribution in [2.45, 2.75) is 39.7 Å². The lowest BCUT2D eigenvalue weighted by Crippen LogP contribution is -2.49. The summed E-state index contributed by atoms with van der Waals surface area (Å²) < 4.78 is 0. The van der Waals surface area contributed by atoms with Gasteiger partial charge in [-0.15, -0.1) is 0 Å². The zero-order chi connectivity index (χ0) is 12.7. The lowest BCUT2D eigenvalue weighted by Gasteiger charge is -2.32. The first-order valence-corrected chi connectivity index (χ1v) is 6.90. The van der Waals surface area contributed by atoms with Gasteiger partial charge >= 0.3 is 0 Å². The number of rotatable bonds is 6. The lowest BCUT2D eigenvalue weighted by atomic mass is 10.0. The van der Waals surface area contributed by atoms with Crippen LogP contribution in [0.4, 0.5) is 0 Å². The predicted octanol–water partition coefficient (Wildman–Crippen LogP) is 0.833. The van der Waals surface area contributed by atoms with Gasteiger partial charge in [0.25, 0.3) is 0 Å². The molecule has 0 aliphatic carbocycles. The molecule has 1 amide bonds. The second-order valence-electron chi connectivity index (χ2n) is 4.95. The number of likely N-dealkylation sites (tertiary alicyclic amines) is 1. The summed E-state index contributed by atoms with van der Waals surface area (Å²) in [6, 6.07) is 0.347. The highest BCUT2D eigenvalue weighted by atomic mass is 16.1. The van der Waals surface area contributed by atoms with Gasteiger partial charge in [0, 0.05) is 25.0 Å². The zero-order valence-electron chi connectivity index (χ0n) is 11.5. The van der Waals surface area contributed by atoms with Gasteiger partial charge in [0.15, 0.2) is 0 Å². The zero-order valence-corrected chi connectivity index (χ0v) is 11.5. The fourth-order valence-electron chi connectivity index (χ4n) is 2.26. The van der Waals surface area contributed by atoms with Gasteiger partial charge in [0.2, 0.25) is 5.91 Å². The van der Waals surface area contributed by atoms with Crippen LogP contribution in [0.25, 0.3) is 0 Å². The maximum absolute atomic E-state index is 11.9. The molecule has 0 bridgehead atoms. The highest BCUT2D eigenvalue weighted by molar-refractivity contribution is 5.78. The fraction of sp³-hybridized carbons (Fsp3) is 0.923. The van der Waals surface area contributed by atoms with Crippen molar-refractivity contribution in [2.24, 2.45) is 5.92 Å². The topological polar surface area (TPSA) is 44.4 Å². The standard InChI is InChI=1S/C13H27N3O/c1-4-14-9-11(3)13(17)15-12-7-6-8-16(5-2)10-12/h11-12,14H,4-10H2,1-3H3,(H,15,17). The Morgan fingerprint density at radius 3 is 2.88 bits per heavy atom. The van der Waals surface area contributed by atoms with E-state index in [0.29, 0.717) is 6.04 Å². The number of amides is 1. The summed E-state index contributed by atoms with van der Waals surface area (Å²) in [5.41, 5.74) is 0. The summed E-state index contributed by atoms with van der Waals surface area (Å²) in [5.74, 6) is 0.251. The molecular weight excluding hydrogens is 214 g/mol. The van der Waals surface area contributed by atoms with Crippen molar-refractivity contribution in [2.75, 3.05) is 32.7 Å². The average Bonchev–Trinajstić information content (AvgIpc) is 2.36. The van der Waals surface area contributed by atoms with Crippen molar-refractivity contribution in [3.8, 4) is 0 Å². The van der Waals surface area contributed by atoms with Crippen LogP contribution in [-0.2, 0) is 4.79 Å². The number of carbonyl (C=O) groups excluding carboxylic acids is 1. The van der Waals surface area contributed by atoms with Gasteiger partial charge in [-0.25, -0.2) is 0 Å². The van der Waals surface area contributed by atoms with Gasteiger partial charge in [-0.3, -0.25) is 4.79 Å². The predicted molar refractivity (Wildman–Crippen MR) is 71.0 cm³/mol. The molecule has 1 aliphatic heterocycles. The molecule has 1 saturated heterocycles. The summed E-state index contributed by atoms with van der Waals surface area (Å²) in [5, 5.41) is 6.39. The molecule has 0 radical (unpaired) electrons. The van der Waals surface area contributed by atoms with Crippen LogP contribution in [-0.4, -0.2) is 49.6 Å². The first kappa shape index (κ1) is 14.5. The number of piperidine rings is 1. The van der Waals surface area contributed by atoms with Crippen molar-refractivity contribution in [3.05, 3.63) is 0 Å². The van der Waals surface area contributed by atoms with Crippen molar-refractivity contribution < 1.29 is 4.79 Å². The summed E-state index contributed by atoms with van der Waals surface area (Å²) in [7, 11) is 0. The van der Waals surface area contributed by atoms with Crippen LogP contribution in [0.1, 0.15) is 33.6 Å². The van der Waals surface area contributed by atoms with Gasteiger partial charge in [-0.1, -0.05) is 20.8 Å². The molecule has 2 N–H and O–H groups in total. The number of likely N-dealkylation sites (N-methyl/N-ethyl adjacent to an activating group) is 1. The molecule has 1 aliphatic rings. The van der Waals surface area contributed by atoms with Crippen molar-refractivity contribution in [3.63, 3.8) is 0 Å². The van der Waals surface area contributed by atoms with E-state index >= 15 is 0 Å². The van der Waals surface area contributed by atoms with Gasteiger partial charge in [0.1, 0.15) is 0 Å². The van der Waals surface area contributed by atoms with E-state index in [0.717, 1.165) is 32.6 Å². The van der Waals surface area contributed by atoms with E-state index in [4.69, 9.17) is 0 Å². The molecule has 1 heterocycles. The largest absolute Gasteiger partial charge is 0.352 e. The Labute approximate surface area is 105 Å². The molecule has 17 heavy (non-hydrogen) atoms. The minimum atomic E-state index is 0.0620. The number of hydrogen-bond donors (Lipinski definition) is 2. The highest BCUT2D eigenvalue weighted by Crippen LogP contribution is 2.10. The molecule has 0 aromatic heterocycles. The fourth-order valence-corrected chi connectivity index (χ4v) is 2.26. The summed E-state index contributed by atoms with van der Waals surface area (Å²) in [6.07, 6.45) is 2.32. The Hall–Kier alpha value is -0.610. The van der Waals surface area contributed by atoms with Gasteiger partial charge in [-0.05, 0) is 32.5 Å². The Kier molecular flexibility index (Phi) is 6.52. The Bertz CT molecular complexity index is 233. The van der Waals surface area contributed by atoms with Crippen molar-refractivity contribution >= 4 is 5.91 Å². The average molecular weight is 241 g/mol. The highest BCUT2D eigenvalue weighted by Gasteiger charge is 2.22. The van der Waals surface area contributed by atoms with E-state index in [-0.39, 0.29) is 11.8 Å². The van der Waals surface area contributed by atoms with Gasteiger partial charge in [-0.2, -0.15) is 0 Å². The smallest absolute Gasteiger partial charge is 0.224 e. The third-order valence-electron chi connectivity index (χ3n) is 3.45. The van der Waals surface area contributed by atoms with Crippen LogP contribution < -0.4 is 10.6 Å². The SMILES string of the molecule is CCNCC(C)C(=O)NC1CCCN(CC)C1. The van der Waals surface area contributed by atoms with E-state index in [1.165, 1.54) is 13.0 Å². The first-order valence-electron chi connectivity index (χ1n) is 6.90. The summed E-state index contributed by atoms with van der Waals surface area (Å²) in [4.78, 5) is 14.3. The van der Waals surface area contributed by atoms with Crippen LogP contribution in [0.15, 0.2) is 0 Å². The third-order valence-corrected chi connectivity index (χ3v) is 3.45. The van der Waals surface area contributed by atoms with E-state index in [1.54, 1.807) is 0 Å². The molecule has 0 aromatic carbocycles. The summed E-state index contributed by atoms with van der Waals surface area (Å²) >= 11 is 0. The van der Waals surface area contributed by atoms with Gasteiger partial charge in [0.05, 0.1) is 0 Å². The molecule has 1 rings (SSSR count). The molecule has 2 atom stereocenters. The number of carbonyl (C=O) groups is 1. The molecule has 4 nitrogen and oxygen atoms in total. The second-order valence-corrected chi connectivity index (χ2v) is 4.95. The van der Waals surface area contributed by atoms with E-state index in [9.17, 15) is 4.79 Å². The van der Waals surface area contributed by atoms with Crippen molar-refractivity contribution in [1.29, 1.82) is 0 Å². The molecule has 0 spiro atoms. The van der Waals surface area contributed by atoms with Crippen molar-refractivity contribution in [1.82, 2.24) is 15.5 Å². The molecular formula is C13H27N3O. The molecule has 4 heteroatoms. The van der Waals surface area contributed by atoms with Crippen LogP contribution in [0.3, 0.4) is 0 Å². The molecule has 0 aromatic rings. The molecule has 2 unspecified atom stereocenters. The van der Waals surface area contributed by atoms with Gasteiger partial charge < -0.3 is 15.5 Å². The third kappa shape index (κ3) is 5.04. The Morgan fingerprint density at radius 1 is 1.47 bits per heavy atom. The summed E-state index contributed by atoms with van der Waals surface area (Å²) in [6.45, 7) is 11.2. The lowest BCUT2D eigenvalue weighted by molar-refractivity contribution is -0.125. The first-order chi connectivity index (χ1) is 8.17. The number of hydrogen-bond acceptors (Lipinski definition) is 3. The van der Waals surface area contributed by atoms with Crippen LogP contribution >= 0.6 is 0 Å². The molecule has 1 fully saturated rings. The number of nitrogens with zero attached hydrogens (tertiary/aromatic N) is 1. The molecule has 100 valence electrons. The quantitative estimate of drug-likeness (QED) is 0.724. The Balaban J connectivity index is 2.29. The van der Waals surface area contributed by atoms with E-state index < -0.39 is 0 Å². The van der Waals surface area contributed by atoms with Crippen LogP contribution in [0.5, 0.6) is 0 Å². The maximum Gasteiger partial charge on any atom is 0.224 e. The maximum atomic E-state index is 11.9. The monoisotopic (exact) mass is 241 g/mol.